The molecule has 0 aromatic rings. The molecule has 0 heterocycles. The van der Waals surface area contributed by atoms with Gasteiger partial charge in [-0.1, -0.05) is 4.51 Å². The van der Waals surface area contributed by atoms with E-state index in [4.69, 9.17) is 0 Å². The molecule has 0 nitrogen and oxygen atoms in total. The van der Waals surface area contributed by atoms with Gasteiger partial charge in [0.15, 0.2) is 0 Å². The van der Waals surface area contributed by atoms with Crippen molar-refractivity contribution in [3.63, 3.8) is 0 Å². The predicted octanol–water partition coefficient (Wildman–Crippen LogP) is 4.19. The summed E-state index contributed by atoms with van der Waals surface area (Å²) in [7, 11) is 0. The average molecular weight is 304 g/mol. The van der Waals surface area contributed by atoms with Crippen LogP contribution in [0.3, 0.4) is 0 Å². The van der Waals surface area contributed by atoms with Crippen LogP contribution in [0, 0.1) is 0 Å². The molecular formula is C9H12F3I. The van der Waals surface area contributed by atoms with Gasteiger partial charge in [-0.15, -0.1) is 0 Å². The average Bonchev–Trinajstić information content (AvgIpc) is 2.04. The molecule has 0 aromatic carbocycles. The molecule has 4 heteroatoms. The van der Waals surface area contributed by atoms with Gasteiger partial charge in [0.2, 0.25) is 0 Å². The highest BCUT2D eigenvalue weighted by atomic mass is 127. The zero-order valence-electron chi connectivity index (χ0n) is 7.80. The first-order valence-electron chi connectivity index (χ1n) is 3.60. The van der Waals surface area contributed by atoms with E-state index in [1.54, 1.807) is 0 Å². The summed E-state index contributed by atoms with van der Waals surface area (Å²) in [4.78, 5) is 0. The minimum absolute atomic E-state index is 0.242. The van der Waals surface area contributed by atoms with Gasteiger partial charge in [-0.2, -0.15) is 8.78 Å². The SMILES string of the molecule is C=IC(F)(F)/C(C)=C/C(F)=C(C)C. The monoisotopic (exact) mass is 304 g/mol. The highest BCUT2D eigenvalue weighted by Crippen LogP contribution is 2.35. The Bertz CT molecular complexity index is 260. The molecule has 0 spiro atoms. The molecule has 0 aliphatic carbocycles. The molecule has 13 heavy (non-hydrogen) atoms. The smallest absolute Gasteiger partial charge is 0.207 e. The molecule has 0 amide bonds. The van der Waals surface area contributed by atoms with Gasteiger partial charge in [0.05, 0.1) is 0 Å². The lowest BCUT2D eigenvalue weighted by Gasteiger charge is -2.10. The fourth-order valence-electron chi connectivity index (χ4n) is 0.522. The van der Waals surface area contributed by atoms with Crippen LogP contribution < -0.4 is 0 Å². The van der Waals surface area contributed by atoms with Gasteiger partial charge in [0.25, 0.3) is 0 Å². The van der Waals surface area contributed by atoms with Gasteiger partial charge < -0.3 is 0 Å². The zero-order valence-corrected chi connectivity index (χ0v) is 9.95. The van der Waals surface area contributed by atoms with E-state index in [9.17, 15) is 13.2 Å². The first kappa shape index (κ1) is 12.9. The van der Waals surface area contributed by atoms with E-state index >= 15 is 0 Å². The third-order valence-corrected chi connectivity index (χ3v) is 3.24. The summed E-state index contributed by atoms with van der Waals surface area (Å²) in [6.45, 7) is 4.31. The van der Waals surface area contributed by atoms with Gasteiger partial charge in [-0.3, -0.25) is 0 Å². The first-order chi connectivity index (χ1) is 5.81. The normalized spacial score (nSPS) is 12.9. The van der Waals surface area contributed by atoms with Crippen LogP contribution in [0.15, 0.2) is 23.0 Å². The fourth-order valence-corrected chi connectivity index (χ4v) is 1.28. The molecule has 0 fully saturated rings. The Labute approximate surface area is 86.3 Å². The third kappa shape index (κ3) is 4.06. The van der Waals surface area contributed by atoms with Crippen molar-refractivity contribution in [2.45, 2.75) is 24.7 Å². The lowest BCUT2D eigenvalue weighted by molar-refractivity contribution is 0.168. The van der Waals surface area contributed by atoms with E-state index in [1.807, 2.05) is 0 Å². The maximum atomic E-state index is 12.9. The summed E-state index contributed by atoms with van der Waals surface area (Å²) < 4.78 is 39.0. The van der Waals surface area contributed by atoms with E-state index in [-0.39, 0.29) is 5.57 Å². The number of hydrogen-bond acceptors (Lipinski definition) is 0. The minimum Gasteiger partial charge on any atom is -0.207 e. The molecule has 0 saturated heterocycles. The van der Waals surface area contributed by atoms with Crippen molar-refractivity contribution in [1.82, 2.24) is 0 Å². The molecule has 0 aliphatic rings. The summed E-state index contributed by atoms with van der Waals surface area (Å²) in [5.74, 6) is -0.588. The van der Waals surface area contributed by atoms with Crippen molar-refractivity contribution in [2.24, 2.45) is 0 Å². The quantitative estimate of drug-likeness (QED) is 0.416. The van der Waals surface area contributed by atoms with Crippen molar-refractivity contribution in [1.29, 1.82) is 0 Å². The van der Waals surface area contributed by atoms with Crippen LogP contribution in [-0.2, 0) is 0 Å². The van der Waals surface area contributed by atoms with Crippen molar-refractivity contribution in [2.75, 3.05) is 0 Å². The van der Waals surface area contributed by atoms with Crippen LogP contribution >= 0.6 is 20.7 Å². The number of alkyl halides is 3. The molecule has 0 atom stereocenters. The van der Waals surface area contributed by atoms with Crippen LogP contribution in [0.4, 0.5) is 13.2 Å². The van der Waals surface area contributed by atoms with Crippen LogP contribution in [0.2, 0.25) is 0 Å². The van der Waals surface area contributed by atoms with E-state index in [1.165, 1.54) is 20.8 Å². The van der Waals surface area contributed by atoms with Gasteiger partial charge in [-0.25, -0.2) is 4.39 Å². The minimum atomic E-state index is -2.90. The molecule has 0 rings (SSSR count). The van der Waals surface area contributed by atoms with Gasteiger partial charge in [-0.05, 0) is 53.2 Å². The number of allylic oxidation sites excluding steroid dienone is 4. The zero-order chi connectivity index (χ0) is 10.6. The summed E-state index contributed by atoms with van der Waals surface area (Å²) in [5, 5.41) is 0. The Morgan fingerprint density at radius 1 is 1.31 bits per heavy atom. The van der Waals surface area contributed by atoms with Gasteiger partial charge in [0, 0.05) is 5.57 Å². The molecule has 0 aromatic heterocycles. The standard InChI is InChI=1S/C9H12F3I/c1-6(2)8(10)5-7(3)9(11,12)13-4/h5H,4H2,1-3H3/b7-5+. The van der Waals surface area contributed by atoms with Crippen molar-refractivity contribution in [3.05, 3.63) is 23.0 Å². The highest BCUT2D eigenvalue weighted by Gasteiger charge is 2.27. The fraction of sp³-hybridized carbons (Fsp3) is 0.444. The second-order valence-corrected chi connectivity index (χ2v) is 4.92. The Kier molecular flexibility index (Phi) is 4.88. The highest BCUT2D eigenvalue weighted by molar-refractivity contribution is 14.2. The molecule has 0 N–H and O–H groups in total. The summed E-state index contributed by atoms with van der Waals surface area (Å²) in [5.41, 5.74) is 0.159. The van der Waals surface area contributed by atoms with Gasteiger partial charge >= 0.3 is 3.93 Å². The predicted molar refractivity (Wildman–Crippen MR) is 59.3 cm³/mol. The summed E-state index contributed by atoms with van der Waals surface area (Å²) >= 11 is -1.47. The Hall–Kier alpha value is -0.130. The number of halogens is 4. The first-order valence-corrected chi connectivity index (χ1v) is 6.20. The summed E-state index contributed by atoms with van der Waals surface area (Å²) in [6, 6.07) is 0. The van der Waals surface area contributed by atoms with Crippen molar-refractivity contribution >= 4 is 25.2 Å². The second kappa shape index (κ2) is 4.93. The van der Waals surface area contributed by atoms with Crippen molar-refractivity contribution in [3.8, 4) is 0 Å². The Morgan fingerprint density at radius 2 is 1.77 bits per heavy atom. The summed E-state index contributed by atoms with van der Waals surface area (Å²) in [6.07, 6.45) is 0.889. The number of rotatable bonds is 3. The van der Waals surface area contributed by atoms with Crippen LogP contribution in [0.5, 0.6) is 0 Å². The van der Waals surface area contributed by atoms with Crippen LogP contribution in [0.1, 0.15) is 20.8 Å². The largest absolute Gasteiger partial charge is 0.312 e. The Balaban J connectivity index is 4.90. The lowest BCUT2D eigenvalue weighted by Crippen LogP contribution is -2.07. The van der Waals surface area contributed by atoms with E-state index in [2.05, 4.69) is 4.51 Å². The Morgan fingerprint density at radius 3 is 2.08 bits per heavy atom. The maximum absolute atomic E-state index is 12.9. The van der Waals surface area contributed by atoms with E-state index < -0.39 is 30.5 Å². The molecule has 0 aliphatic heterocycles. The molecule has 0 radical (unpaired) electrons. The molecule has 0 saturated carbocycles. The lowest BCUT2D eigenvalue weighted by atomic mass is 10.2. The third-order valence-electron chi connectivity index (χ3n) is 1.44. The molecule has 0 unspecified atom stereocenters. The number of hydrogen-bond donors (Lipinski definition) is 0. The van der Waals surface area contributed by atoms with Crippen LogP contribution in [0.25, 0.3) is 0 Å². The van der Waals surface area contributed by atoms with Gasteiger partial charge in [0.1, 0.15) is 5.83 Å². The molecule has 0 bridgehead atoms. The second-order valence-electron chi connectivity index (χ2n) is 2.81. The van der Waals surface area contributed by atoms with Crippen molar-refractivity contribution < 1.29 is 13.2 Å². The van der Waals surface area contributed by atoms with Crippen LogP contribution in [-0.4, -0.2) is 8.44 Å². The van der Waals surface area contributed by atoms with E-state index in [0.717, 1.165) is 6.08 Å². The topological polar surface area (TPSA) is 0 Å². The molecular weight excluding hydrogens is 292 g/mol. The maximum Gasteiger partial charge on any atom is 0.312 e. The van der Waals surface area contributed by atoms with E-state index in [0.29, 0.717) is 5.57 Å². The molecule has 76 valence electrons.